The minimum absolute atomic E-state index is 0.377. The second-order valence-corrected chi connectivity index (χ2v) is 1.85. The summed E-state index contributed by atoms with van der Waals surface area (Å²) in [6.45, 7) is 8.23. The van der Waals surface area contributed by atoms with Gasteiger partial charge in [-0.3, -0.25) is 0 Å². The lowest BCUT2D eigenvalue weighted by Crippen LogP contribution is -2.18. The Labute approximate surface area is 49.3 Å². The van der Waals surface area contributed by atoms with Gasteiger partial charge in [0.25, 0.3) is 0 Å². The van der Waals surface area contributed by atoms with Crippen molar-refractivity contribution in [1.82, 2.24) is 10.6 Å². The topological polar surface area (TPSA) is 24.1 Å². The van der Waals surface area contributed by atoms with Crippen LogP contribution in [-0.4, -0.2) is 12.6 Å². The molecule has 2 N–H and O–H groups in total. The summed E-state index contributed by atoms with van der Waals surface area (Å²) in [5, 5.41) is 6.12. The molecule has 44 valence electrons. The van der Waals surface area contributed by atoms with Crippen LogP contribution in [0.25, 0.3) is 0 Å². The Bertz CT molecular complexity index is 118. The quantitative estimate of drug-likeness (QED) is 0.471. The van der Waals surface area contributed by atoms with Gasteiger partial charge in [-0.25, -0.2) is 0 Å². The molecule has 2 nitrogen and oxygen atoms in total. The molecule has 0 aliphatic carbocycles. The van der Waals surface area contributed by atoms with E-state index in [1.807, 2.05) is 6.08 Å². The van der Waals surface area contributed by atoms with Crippen molar-refractivity contribution in [2.75, 3.05) is 6.54 Å². The summed E-state index contributed by atoms with van der Waals surface area (Å²) in [4.78, 5) is 0. The standard InChI is InChI=1S/C6H10N2/c1-3-6-4-7-5(2)8-6/h3,6-8H,1-2,4H2. The lowest BCUT2D eigenvalue weighted by atomic mass is 10.3. The molecule has 0 aromatic carbocycles. The number of hydrogen-bond acceptors (Lipinski definition) is 2. The fourth-order valence-electron chi connectivity index (χ4n) is 0.701. The fourth-order valence-corrected chi connectivity index (χ4v) is 0.701. The molecular weight excluding hydrogens is 100 g/mol. The highest BCUT2D eigenvalue weighted by Gasteiger charge is 2.10. The van der Waals surface area contributed by atoms with Crippen molar-refractivity contribution in [2.45, 2.75) is 6.04 Å². The van der Waals surface area contributed by atoms with Crippen molar-refractivity contribution in [3.8, 4) is 0 Å². The summed E-state index contributed by atoms with van der Waals surface area (Å²) in [5.74, 6) is 0.898. The molecule has 0 aromatic heterocycles. The van der Waals surface area contributed by atoms with E-state index in [4.69, 9.17) is 0 Å². The average Bonchev–Trinajstić information content (AvgIpc) is 2.14. The first kappa shape index (κ1) is 5.22. The molecule has 1 aliphatic rings. The normalized spacial score (nSPS) is 26.5. The van der Waals surface area contributed by atoms with Crippen molar-refractivity contribution in [3.05, 3.63) is 25.1 Å². The van der Waals surface area contributed by atoms with Gasteiger partial charge in [0.15, 0.2) is 0 Å². The van der Waals surface area contributed by atoms with Crippen LogP contribution >= 0.6 is 0 Å². The first-order valence-corrected chi connectivity index (χ1v) is 2.65. The van der Waals surface area contributed by atoms with Gasteiger partial charge in [-0.2, -0.15) is 0 Å². The van der Waals surface area contributed by atoms with Crippen molar-refractivity contribution in [2.24, 2.45) is 0 Å². The third-order valence-electron chi connectivity index (χ3n) is 1.18. The molecule has 1 atom stereocenters. The molecule has 1 saturated heterocycles. The van der Waals surface area contributed by atoms with Crippen LogP contribution < -0.4 is 10.6 Å². The van der Waals surface area contributed by atoms with Crippen molar-refractivity contribution >= 4 is 0 Å². The molecule has 0 spiro atoms. The van der Waals surface area contributed by atoms with E-state index < -0.39 is 0 Å². The highest BCUT2D eigenvalue weighted by atomic mass is 15.2. The molecule has 1 aliphatic heterocycles. The zero-order valence-electron chi connectivity index (χ0n) is 4.78. The molecule has 8 heavy (non-hydrogen) atoms. The largest absolute Gasteiger partial charge is 0.370 e. The van der Waals surface area contributed by atoms with Crippen molar-refractivity contribution < 1.29 is 0 Å². The van der Waals surface area contributed by atoms with Crippen LogP contribution in [0.3, 0.4) is 0 Å². The summed E-state index contributed by atoms with van der Waals surface area (Å²) >= 11 is 0. The van der Waals surface area contributed by atoms with Crippen LogP contribution in [0.1, 0.15) is 0 Å². The predicted octanol–water partition coefficient (Wildman–Crippen LogP) is 0.205. The predicted molar refractivity (Wildman–Crippen MR) is 34.3 cm³/mol. The molecular formula is C6H10N2. The SMILES string of the molecule is C=CC1CNC(=C)N1. The molecule has 2 heteroatoms. The summed E-state index contributed by atoms with van der Waals surface area (Å²) < 4.78 is 0. The van der Waals surface area contributed by atoms with Crippen molar-refractivity contribution in [3.63, 3.8) is 0 Å². The van der Waals surface area contributed by atoms with Crippen LogP contribution in [0, 0.1) is 0 Å². The van der Waals surface area contributed by atoms with Gasteiger partial charge in [-0.15, -0.1) is 6.58 Å². The van der Waals surface area contributed by atoms with Gasteiger partial charge in [0.2, 0.25) is 0 Å². The molecule has 1 rings (SSSR count). The zero-order valence-corrected chi connectivity index (χ0v) is 4.78. The minimum Gasteiger partial charge on any atom is -0.370 e. The third-order valence-corrected chi connectivity index (χ3v) is 1.18. The zero-order chi connectivity index (χ0) is 5.98. The molecule has 0 saturated carbocycles. The smallest absolute Gasteiger partial charge is 0.0918 e. The van der Waals surface area contributed by atoms with Gasteiger partial charge in [-0.1, -0.05) is 12.7 Å². The Morgan fingerprint density at radius 3 is 2.75 bits per heavy atom. The summed E-state index contributed by atoms with van der Waals surface area (Å²) in [6.07, 6.45) is 1.87. The fraction of sp³-hybridized carbons (Fsp3) is 0.333. The lowest BCUT2D eigenvalue weighted by Gasteiger charge is -1.98. The van der Waals surface area contributed by atoms with E-state index in [0.717, 1.165) is 12.4 Å². The number of nitrogens with one attached hydrogen (secondary N) is 2. The Balaban J connectivity index is 2.43. The van der Waals surface area contributed by atoms with E-state index in [-0.39, 0.29) is 0 Å². The van der Waals surface area contributed by atoms with E-state index in [1.165, 1.54) is 0 Å². The molecule has 0 aromatic rings. The van der Waals surface area contributed by atoms with Crippen LogP contribution in [-0.2, 0) is 0 Å². The summed E-state index contributed by atoms with van der Waals surface area (Å²) in [6, 6.07) is 0.377. The summed E-state index contributed by atoms with van der Waals surface area (Å²) in [5.41, 5.74) is 0. The van der Waals surface area contributed by atoms with E-state index in [0.29, 0.717) is 6.04 Å². The average molecular weight is 110 g/mol. The highest BCUT2D eigenvalue weighted by molar-refractivity contribution is 5.05. The molecule has 0 amide bonds. The minimum atomic E-state index is 0.377. The molecule has 1 fully saturated rings. The van der Waals surface area contributed by atoms with E-state index in [1.54, 1.807) is 0 Å². The van der Waals surface area contributed by atoms with Crippen LogP contribution in [0.15, 0.2) is 25.1 Å². The Morgan fingerprint density at radius 1 is 1.75 bits per heavy atom. The molecule has 1 unspecified atom stereocenters. The third kappa shape index (κ3) is 0.832. The van der Waals surface area contributed by atoms with Gasteiger partial charge in [-0.05, 0) is 0 Å². The number of rotatable bonds is 1. The van der Waals surface area contributed by atoms with Crippen LogP contribution in [0.2, 0.25) is 0 Å². The van der Waals surface area contributed by atoms with Gasteiger partial charge in [0.05, 0.1) is 11.9 Å². The van der Waals surface area contributed by atoms with Crippen LogP contribution in [0.4, 0.5) is 0 Å². The van der Waals surface area contributed by atoms with Gasteiger partial charge in [0, 0.05) is 6.54 Å². The first-order valence-electron chi connectivity index (χ1n) is 2.65. The lowest BCUT2D eigenvalue weighted by molar-refractivity contribution is 0.786. The maximum atomic E-state index is 3.68. The van der Waals surface area contributed by atoms with E-state index in [9.17, 15) is 0 Å². The van der Waals surface area contributed by atoms with Crippen LogP contribution in [0.5, 0.6) is 0 Å². The number of hydrogen-bond donors (Lipinski definition) is 2. The Kier molecular flexibility index (Phi) is 1.24. The maximum Gasteiger partial charge on any atom is 0.0918 e. The van der Waals surface area contributed by atoms with E-state index in [2.05, 4.69) is 23.8 Å². The Hall–Kier alpha value is -0.920. The second-order valence-electron chi connectivity index (χ2n) is 1.85. The highest BCUT2D eigenvalue weighted by Crippen LogP contribution is 1.94. The van der Waals surface area contributed by atoms with E-state index >= 15 is 0 Å². The van der Waals surface area contributed by atoms with Gasteiger partial charge >= 0.3 is 0 Å². The first-order chi connectivity index (χ1) is 3.83. The maximum absolute atomic E-state index is 3.68. The van der Waals surface area contributed by atoms with Gasteiger partial charge < -0.3 is 10.6 Å². The second kappa shape index (κ2) is 1.90. The molecule has 0 bridgehead atoms. The molecule has 1 heterocycles. The summed E-state index contributed by atoms with van der Waals surface area (Å²) in [7, 11) is 0. The monoisotopic (exact) mass is 110 g/mol. The van der Waals surface area contributed by atoms with Crippen molar-refractivity contribution in [1.29, 1.82) is 0 Å². The molecule has 0 radical (unpaired) electrons. The van der Waals surface area contributed by atoms with Gasteiger partial charge in [0.1, 0.15) is 0 Å². The Morgan fingerprint density at radius 2 is 2.50 bits per heavy atom.